The van der Waals surface area contributed by atoms with E-state index in [9.17, 15) is 4.79 Å². The molecule has 0 fully saturated rings. The molecule has 1 N–H and O–H groups in total. The van der Waals surface area contributed by atoms with Crippen molar-refractivity contribution in [1.82, 2.24) is 4.57 Å². The summed E-state index contributed by atoms with van der Waals surface area (Å²) in [5.74, 6) is -0.942. The number of halogens is 1. The zero-order valence-corrected chi connectivity index (χ0v) is 10.3. The summed E-state index contributed by atoms with van der Waals surface area (Å²) in [5.41, 5.74) is 2.98. The zero-order chi connectivity index (χ0) is 12.6. The Morgan fingerprint density at radius 3 is 2.59 bits per heavy atom. The number of hydrogen-bond donors (Lipinski definition) is 1. The Morgan fingerprint density at radius 1 is 1.29 bits per heavy atom. The predicted molar refractivity (Wildman–Crippen MR) is 67.6 cm³/mol. The molecule has 2 aromatic rings. The van der Waals surface area contributed by atoms with E-state index in [4.69, 9.17) is 16.7 Å². The normalized spacial score (nSPS) is 10.5. The first-order valence-electron chi connectivity index (χ1n) is 5.16. The second-order valence-corrected chi connectivity index (χ2v) is 4.36. The molecule has 0 aliphatic rings. The lowest BCUT2D eigenvalue weighted by Crippen LogP contribution is -2.05. The van der Waals surface area contributed by atoms with Gasteiger partial charge in [-0.25, -0.2) is 4.79 Å². The van der Waals surface area contributed by atoms with Gasteiger partial charge in [0.25, 0.3) is 0 Å². The average molecular weight is 250 g/mol. The number of carbonyl (C=O) groups is 1. The van der Waals surface area contributed by atoms with E-state index in [-0.39, 0.29) is 5.69 Å². The van der Waals surface area contributed by atoms with E-state index in [0.29, 0.717) is 5.02 Å². The SMILES string of the molecule is Cc1ccc(Cl)c(-c2ccc(C(=O)O)n2C)c1. The van der Waals surface area contributed by atoms with Gasteiger partial charge in [-0.2, -0.15) is 0 Å². The van der Waals surface area contributed by atoms with Crippen molar-refractivity contribution in [3.05, 3.63) is 46.6 Å². The van der Waals surface area contributed by atoms with E-state index >= 15 is 0 Å². The van der Waals surface area contributed by atoms with Crippen molar-refractivity contribution >= 4 is 17.6 Å². The Bertz CT molecular complexity index is 587. The number of carboxylic acid groups (broad SMARTS) is 1. The maximum atomic E-state index is 11.0. The van der Waals surface area contributed by atoms with Crippen molar-refractivity contribution < 1.29 is 9.90 Å². The molecule has 0 bridgehead atoms. The van der Waals surface area contributed by atoms with Gasteiger partial charge in [0, 0.05) is 23.3 Å². The summed E-state index contributed by atoms with van der Waals surface area (Å²) in [6.07, 6.45) is 0. The number of carboxylic acids is 1. The van der Waals surface area contributed by atoms with Crippen molar-refractivity contribution in [1.29, 1.82) is 0 Å². The molecular weight excluding hydrogens is 238 g/mol. The van der Waals surface area contributed by atoms with Crippen molar-refractivity contribution in [3.8, 4) is 11.3 Å². The summed E-state index contributed by atoms with van der Waals surface area (Å²) in [6.45, 7) is 1.97. The van der Waals surface area contributed by atoms with Gasteiger partial charge in [0.2, 0.25) is 0 Å². The Hall–Kier alpha value is -1.74. The van der Waals surface area contributed by atoms with Crippen molar-refractivity contribution in [3.63, 3.8) is 0 Å². The fourth-order valence-corrected chi connectivity index (χ4v) is 2.05. The molecule has 2 rings (SSSR count). The van der Waals surface area contributed by atoms with Gasteiger partial charge < -0.3 is 9.67 Å². The Kier molecular flexibility index (Phi) is 2.94. The van der Waals surface area contributed by atoms with Gasteiger partial charge in [-0.15, -0.1) is 0 Å². The Labute approximate surface area is 104 Å². The van der Waals surface area contributed by atoms with Gasteiger partial charge in [0.1, 0.15) is 5.69 Å². The predicted octanol–water partition coefficient (Wildman–Crippen LogP) is 3.35. The topological polar surface area (TPSA) is 42.2 Å². The third-order valence-electron chi connectivity index (χ3n) is 2.74. The molecule has 17 heavy (non-hydrogen) atoms. The monoisotopic (exact) mass is 249 g/mol. The third kappa shape index (κ3) is 2.06. The molecule has 0 amide bonds. The summed E-state index contributed by atoms with van der Waals surface area (Å²) in [6, 6.07) is 9.04. The van der Waals surface area contributed by atoms with Gasteiger partial charge in [-0.3, -0.25) is 0 Å². The van der Waals surface area contributed by atoms with Crippen LogP contribution in [0, 0.1) is 6.92 Å². The van der Waals surface area contributed by atoms with E-state index in [1.807, 2.05) is 25.1 Å². The summed E-state index contributed by atoms with van der Waals surface area (Å²) in [7, 11) is 1.72. The minimum Gasteiger partial charge on any atom is -0.477 e. The van der Waals surface area contributed by atoms with Crippen molar-refractivity contribution in [2.24, 2.45) is 7.05 Å². The maximum absolute atomic E-state index is 11.0. The van der Waals surface area contributed by atoms with Crippen LogP contribution in [0.2, 0.25) is 5.02 Å². The molecular formula is C13H12ClNO2. The molecule has 4 heteroatoms. The first kappa shape index (κ1) is 11.7. The summed E-state index contributed by atoms with van der Waals surface area (Å²) in [4.78, 5) is 11.0. The average Bonchev–Trinajstić information content (AvgIpc) is 2.64. The van der Waals surface area contributed by atoms with Gasteiger partial charge in [0.15, 0.2) is 0 Å². The molecule has 1 aromatic heterocycles. The molecule has 0 saturated carbocycles. The number of benzene rings is 1. The number of nitrogens with zero attached hydrogens (tertiary/aromatic N) is 1. The van der Waals surface area contributed by atoms with E-state index in [1.54, 1.807) is 23.7 Å². The van der Waals surface area contributed by atoms with Crippen LogP contribution in [0.5, 0.6) is 0 Å². The molecule has 88 valence electrons. The smallest absolute Gasteiger partial charge is 0.352 e. The Morgan fingerprint density at radius 2 is 2.00 bits per heavy atom. The fourth-order valence-electron chi connectivity index (χ4n) is 1.83. The number of hydrogen-bond acceptors (Lipinski definition) is 1. The van der Waals surface area contributed by atoms with E-state index in [0.717, 1.165) is 16.8 Å². The highest BCUT2D eigenvalue weighted by Crippen LogP contribution is 2.29. The highest BCUT2D eigenvalue weighted by Gasteiger charge is 2.14. The van der Waals surface area contributed by atoms with Crippen LogP contribution in [-0.2, 0) is 7.05 Å². The standard InChI is InChI=1S/C13H12ClNO2/c1-8-3-4-10(14)9(7-8)11-5-6-12(13(16)17)15(11)2/h3-7H,1-2H3,(H,16,17). The van der Waals surface area contributed by atoms with Crippen LogP contribution in [0.1, 0.15) is 16.1 Å². The van der Waals surface area contributed by atoms with Crippen LogP contribution in [0.4, 0.5) is 0 Å². The molecule has 0 saturated heterocycles. The van der Waals surface area contributed by atoms with Crippen LogP contribution in [0.15, 0.2) is 30.3 Å². The van der Waals surface area contributed by atoms with E-state index in [2.05, 4.69) is 0 Å². The molecule has 3 nitrogen and oxygen atoms in total. The highest BCUT2D eigenvalue weighted by atomic mass is 35.5. The van der Waals surface area contributed by atoms with Gasteiger partial charge in [-0.1, -0.05) is 23.2 Å². The maximum Gasteiger partial charge on any atom is 0.352 e. The van der Waals surface area contributed by atoms with Crippen LogP contribution >= 0.6 is 11.6 Å². The summed E-state index contributed by atoms with van der Waals surface area (Å²) < 4.78 is 1.63. The van der Waals surface area contributed by atoms with Crippen molar-refractivity contribution in [2.45, 2.75) is 6.92 Å². The second-order valence-electron chi connectivity index (χ2n) is 3.95. The van der Waals surface area contributed by atoms with Gasteiger partial charge >= 0.3 is 5.97 Å². The zero-order valence-electron chi connectivity index (χ0n) is 9.57. The Balaban J connectivity index is 2.61. The van der Waals surface area contributed by atoms with Crippen LogP contribution in [0.3, 0.4) is 0 Å². The summed E-state index contributed by atoms with van der Waals surface area (Å²) >= 11 is 6.13. The lowest BCUT2D eigenvalue weighted by molar-refractivity contribution is 0.0687. The molecule has 0 unspecified atom stereocenters. The minimum atomic E-state index is -0.942. The molecule has 0 aliphatic heterocycles. The highest BCUT2D eigenvalue weighted by molar-refractivity contribution is 6.33. The quantitative estimate of drug-likeness (QED) is 0.887. The largest absolute Gasteiger partial charge is 0.477 e. The minimum absolute atomic E-state index is 0.248. The number of aryl methyl sites for hydroxylation is 1. The van der Waals surface area contributed by atoms with E-state index < -0.39 is 5.97 Å². The lowest BCUT2D eigenvalue weighted by Gasteiger charge is -2.08. The molecule has 1 aromatic carbocycles. The number of aromatic nitrogens is 1. The second kappa shape index (κ2) is 4.26. The van der Waals surface area contributed by atoms with Crippen LogP contribution in [0.25, 0.3) is 11.3 Å². The lowest BCUT2D eigenvalue weighted by atomic mass is 10.1. The molecule has 0 aliphatic carbocycles. The molecule has 0 radical (unpaired) electrons. The number of aromatic carboxylic acids is 1. The first-order valence-corrected chi connectivity index (χ1v) is 5.54. The van der Waals surface area contributed by atoms with Crippen LogP contribution in [-0.4, -0.2) is 15.6 Å². The number of rotatable bonds is 2. The molecule has 0 atom stereocenters. The molecule has 1 heterocycles. The van der Waals surface area contributed by atoms with Crippen molar-refractivity contribution in [2.75, 3.05) is 0 Å². The molecule has 0 spiro atoms. The fraction of sp³-hybridized carbons (Fsp3) is 0.154. The van der Waals surface area contributed by atoms with Gasteiger partial charge in [0.05, 0.1) is 0 Å². The van der Waals surface area contributed by atoms with Crippen LogP contribution < -0.4 is 0 Å². The van der Waals surface area contributed by atoms with E-state index in [1.165, 1.54) is 0 Å². The first-order chi connectivity index (χ1) is 8.00. The third-order valence-corrected chi connectivity index (χ3v) is 3.07. The van der Waals surface area contributed by atoms with Gasteiger partial charge in [-0.05, 0) is 31.2 Å². The summed E-state index contributed by atoms with van der Waals surface area (Å²) in [5, 5.41) is 9.62.